The number of benzene rings is 3. The number of ether oxygens (including phenoxy) is 7. The molecular weight excluding hydrogens is 652 g/mol. The second kappa shape index (κ2) is 12.4. The highest BCUT2D eigenvalue weighted by Crippen LogP contribution is 2.59. The highest BCUT2D eigenvalue weighted by atomic mass is 16.7. The van der Waals surface area contributed by atoms with E-state index in [2.05, 4.69) is 36.1 Å². The predicted octanol–water partition coefficient (Wildman–Crippen LogP) is 2.18. The van der Waals surface area contributed by atoms with Gasteiger partial charge in [0.25, 0.3) is 0 Å². The molecule has 9 heterocycles. The molecule has 9 aliphatic rings. The third kappa shape index (κ3) is 5.45. The minimum atomic E-state index is -2.19. The fourth-order valence-electron chi connectivity index (χ4n) is 7.37. The van der Waals surface area contributed by atoms with Gasteiger partial charge in [0.2, 0.25) is 12.0 Å². The number of aliphatic hydroxyl groups is 3. The lowest BCUT2D eigenvalue weighted by molar-refractivity contribution is -0.312. The Kier molecular flexibility index (Phi) is 7.99. The minimum Gasteiger partial charge on any atom is -0.490 e. The topological polar surface area (TPSA) is 180 Å². The number of aliphatic carboxylic acids is 1. The fraction of sp³-hybridized carbons (Fsp3) is 0.405. The maximum atomic E-state index is 12.0. The van der Waals surface area contributed by atoms with E-state index in [0.29, 0.717) is 47.2 Å². The molecule has 8 unspecified atom stereocenters. The van der Waals surface area contributed by atoms with Crippen LogP contribution in [0.3, 0.4) is 0 Å². The van der Waals surface area contributed by atoms with Crippen molar-refractivity contribution < 1.29 is 63.2 Å². The zero-order valence-electron chi connectivity index (χ0n) is 26.9. The number of methoxy groups -OCH3 is 1. The maximum Gasteiger partial charge on any atom is 0.317 e. The second-order valence-corrected chi connectivity index (χ2v) is 13.0. The predicted molar refractivity (Wildman–Crippen MR) is 170 cm³/mol. The Hall–Kier alpha value is -5.00. The van der Waals surface area contributed by atoms with Crippen LogP contribution < -0.4 is 23.7 Å². The molecule has 0 amide bonds. The van der Waals surface area contributed by atoms with E-state index < -0.39 is 61.3 Å². The molecule has 3 aromatic rings. The van der Waals surface area contributed by atoms with Crippen LogP contribution in [0.25, 0.3) is 0 Å². The molecule has 8 atom stereocenters. The molecule has 13 nitrogen and oxygen atoms in total. The quantitative estimate of drug-likeness (QED) is 0.175. The highest BCUT2D eigenvalue weighted by Gasteiger charge is 2.56. The number of rotatable bonds is 5. The average molecular weight is 687 g/mol. The van der Waals surface area contributed by atoms with Crippen molar-refractivity contribution in [2.45, 2.75) is 74.0 Å². The molecule has 1 fully saturated rings. The second-order valence-electron chi connectivity index (χ2n) is 13.0. The Morgan fingerprint density at radius 1 is 0.980 bits per heavy atom. The summed E-state index contributed by atoms with van der Waals surface area (Å²) in [7, 11) is 1.58. The van der Waals surface area contributed by atoms with E-state index in [1.165, 1.54) is 0 Å². The molecule has 8 bridgehead atoms. The standard InChI is InChI=1S/C37H34O13/c1-44-34-23-9-8-21-30-26(13-19-6-4-18(5-7-19)10-12-45-23)47-25-15-24-20(14-22(25)32(30)50-33(21)34)3-2-11-37(43)27(17-46-29(40)16-28(38)39)49-36(48-24)31(41)35(37)42/h4-9,14-15,26-27,30-32,35-36,41-43H,10-13,16-17H2,1H3,(H,38,39). The zero-order valence-corrected chi connectivity index (χ0v) is 26.9. The van der Waals surface area contributed by atoms with E-state index in [1.54, 1.807) is 19.2 Å². The average Bonchev–Trinajstić information content (AvgIpc) is 3.49. The van der Waals surface area contributed by atoms with Gasteiger partial charge in [-0.25, -0.2) is 0 Å². The Balaban J connectivity index is 1.18. The summed E-state index contributed by atoms with van der Waals surface area (Å²) < 4.78 is 42.5. The van der Waals surface area contributed by atoms with Gasteiger partial charge in [-0.3, -0.25) is 9.59 Å². The van der Waals surface area contributed by atoms with Crippen molar-refractivity contribution in [1.29, 1.82) is 0 Å². The molecule has 9 aliphatic heterocycles. The van der Waals surface area contributed by atoms with Crippen LogP contribution in [0.1, 0.15) is 52.7 Å². The van der Waals surface area contributed by atoms with Gasteiger partial charge in [-0.1, -0.05) is 42.2 Å². The van der Waals surface area contributed by atoms with Gasteiger partial charge >= 0.3 is 11.9 Å². The minimum absolute atomic E-state index is 0.178. The molecule has 0 aromatic heterocycles. The number of carboxylic acid groups (broad SMARTS) is 1. The summed E-state index contributed by atoms with van der Waals surface area (Å²) in [5.74, 6) is 5.49. The number of carboxylic acids is 1. The molecule has 4 N–H and O–H groups in total. The van der Waals surface area contributed by atoms with Crippen LogP contribution in [-0.4, -0.2) is 89.0 Å². The van der Waals surface area contributed by atoms with Gasteiger partial charge in [-0.05, 0) is 23.3 Å². The molecule has 0 spiro atoms. The van der Waals surface area contributed by atoms with Crippen molar-refractivity contribution in [3.05, 3.63) is 76.3 Å². The van der Waals surface area contributed by atoms with Gasteiger partial charge in [0.1, 0.15) is 60.6 Å². The molecule has 0 radical (unpaired) electrons. The number of hydrogen-bond acceptors (Lipinski definition) is 12. The molecule has 3 aromatic carbocycles. The number of aliphatic hydroxyl groups excluding tert-OH is 2. The van der Waals surface area contributed by atoms with Crippen molar-refractivity contribution in [1.82, 2.24) is 0 Å². The van der Waals surface area contributed by atoms with Crippen LogP contribution in [0, 0.1) is 11.8 Å². The lowest BCUT2D eigenvalue weighted by Gasteiger charge is -2.47. The fourth-order valence-corrected chi connectivity index (χ4v) is 7.37. The number of esters is 1. The Bertz CT molecular complexity index is 1910. The zero-order chi connectivity index (χ0) is 34.7. The number of hydrogen-bond donors (Lipinski definition) is 4. The molecule has 0 saturated carbocycles. The van der Waals surface area contributed by atoms with Gasteiger partial charge in [0.05, 0.1) is 25.2 Å². The summed E-state index contributed by atoms with van der Waals surface area (Å²) >= 11 is 0. The van der Waals surface area contributed by atoms with E-state index in [1.807, 2.05) is 12.1 Å². The summed E-state index contributed by atoms with van der Waals surface area (Å²) in [4.78, 5) is 22.9. The van der Waals surface area contributed by atoms with E-state index in [4.69, 9.17) is 38.3 Å². The van der Waals surface area contributed by atoms with Crippen LogP contribution in [0.15, 0.2) is 48.5 Å². The summed E-state index contributed by atoms with van der Waals surface area (Å²) in [5.41, 5.74) is 2.05. The Labute approximate surface area is 286 Å². The number of fused-ring (bicyclic) bond motifs is 5. The van der Waals surface area contributed by atoms with Crippen LogP contribution in [0.4, 0.5) is 0 Å². The van der Waals surface area contributed by atoms with Crippen LogP contribution in [0.2, 0.25) is 0 Å². The number of carbonyl (C=O) groups excluding carboxylic acids is 1. The normalized spacial score (nSPS) is 29.7. The molecule has 0 aliphatic carbocycles. The maximum absolute atomic E-state index is 12.0. The first kappa shape index (κ1) is 32.2. The smallest absolute Gasteiger partial charge is 0.317 e. The first-order valence-corrected chi connectivity index (χ1v) is 16.3. The summed E-state index contributed by atoms with van der Waals surface area (Å²) in [6.45, 7) is -0.156. The SMILES string of the molecule is COc1c2ccc3c1OC1c4cc5c(cc4OC(Cc4ccc(cc4)CCO2)C31)OC1OC(COC(=O)CC(=O)O)C(O)(CC#C5)C(O)C1O. The number of carbonyl (C=O) groups is 2. The Morgan fingerprint density at radius 3 is 2.56 bits per heavy atom. The van der Waals surface area contributed by atoms with Crippen molar-refractivity contribution in [2.24, 2.45) is 0 Å². The summed E-state index contributed by atoms with van der Waals surface area (Å²) in [6, 6.07) is 15.7. The van der Waals surface area contributed by atoms with Crippen molar-refractivity contribution in [2.75, 3.05) is 20.3 Å². The van der Waals surface area contributed by atoms with Crippen LogP contribution >= 0.6 is 0 Å². The van der Waals surface area contributed by atoms with Gasteiger partial charge in [-0.2, -0.15) is 0 Å². The van der Waals surface area contributed by atoms with Gasteiger partial charge in [0, 0.05) is 36.5 Å². The van der Waals surface area contributed by atoms with E-state index in [0.717, 1.165) is 23.1 Å². The largest absolute Gasteiger partial charge is 0.490 e. The first-order chi connectivity index (χ1) is 24.1. The van der Waals surface area contributed by atoms with Gasteiger partial charge < -0.3 is 53.6 Å². The highest BCUT2D eigenvalue weighted by molar-refractivity contribution is 5.90. The van der Waals surface area contributed by atoms with Crippen LogP contribution in [-0.2, 0) is 31.9 Å². The van der Waals surface area contributed by atoms with Crippen LogP contribution in [0.5, 0.6) is 28.7 Å². The molecule has 12 rings (SSSR count). The third-order valence-electron chi connectivity index (χ3n) is 9.95. The summed E-state index contributed by atoms with van der Waals surface area (Å²) in [6.07, 6.45) is -7.35. The van der Waals surface area contributed by atoms with Crippen molar-refractivity contribution >= 4 is 11.9 Å². The lowest BCUT2D eigenvalue weighted by Crippen LogP contribution is -2.68. The van der Waals surface area contributed by atoms with Crippen molar-refractivity contribution in [3.8, 4) is 40.6 Å². The monoisotopic (exact) mass is 686 g/mol. The van der Waals surface area contributed by atoms with E-state index in [-0.39, 0.29) is 24.2 Å². The molecule has 50 heavy (non-hydrogen) atoms. The lowest BCUT2D eigenvalue weighted by atomic mass is 9.80. The third-order valence-corrected chi connectivity index (χ3v) is 9.95. The van der Waals surface area contributed by atoms with Gasteiger partial charge in [0.15, 0.2) is 11.5 Å². The Morgan fingerprint density at radius 2 is 1.78 bits per heavy atom. The van der Waals surface area contributed by atoms with Gasteiger partial charge in [-0.15, -0.1) is 0 Å². The molecule has 13 heteroatoms. The summed E-state index contributed by atoms with van der Waals surface area (Å²) in [5, 5.41) is 42.4. The molecule has 1 saturated heterocycles. The van der Waals surface area contributed by atoms with E-state index >= 15 is 0 Å². The van der Waals surface area contributed by atoms with Crippen molar-refractivity contribution in [3.63, 3.8) is 0 Å². The first-order valence-electron chi connectivity index (χ1n) is 16.3. The van der Waals surface area contributed by atoms with E-state index in [9.17, 15) is 24.9 Å². The molecule has 260 valence electrons. The molecular formula is C37H34O13.